The predicted octanol–water partition coefficient (Wildman–Crippen LogP) is 2.55. The second-order valence-electron chi connectivity index (χ2n) is 3.74. The van der Waals surface area contributed by atoms with Crippen molar-refractivity contribution in [2.24, 2.45) is 0 Å². The van der Waals surface area contributed by atoms with Gasteiger partial charge in [0.25, 0.3) is 0 Å². The third kappa shape index (κ3) is 2.26. The van der Waals surface area contributed by atoms with Crippen molar-refractivity contribution in [2.45, 2.75) is 13.5 Å². The van der Waals surface area contributed by atoms with Crippen molar-refractivity contribution in [2.75, 3.05) is 7.05 Å². The zero-order chi connectivity index (χ0) is 11.5. The summed E-state index contributed by atoms with van der Waals surface area (Å²) in [5.74, 6) is 0. The van der Waals surface area contributed by atoms with Gasteiger partial charge in [-0.3, -0.25) is 0 Å². The molecule has 0 aliphatic heterocycles. The van der Waals surface area contributed by atoms with E-state index >= 15 is 0 Å². The number of halogens is 1. The smallest absolute Gasteiger partial charge is 0.0790 e. The molecule has 1 heterocycles. The molecular weight excluding hydrogens is 222 g/mol. The molecule has 0 spiro atoms. The molecule has 0 bridgehead atoms. The van der Waals surface area contributed by atoms with E-state index in [1.54, 1.807) is 17.1 Å². The molecule has 4 heteroatoms. The van der Waals surface area contributed by atoms with Crippen LogP contribution in [0.5, 0.6) is 0 Å². The summed E-state index contributed by atoms with van der Waals surface area (Å²) in [6, 6.07) is 6.26. The minimum Gasteiger partial charge on any atom is -0.316 e. The fraction of sp³-hybridized carbons (Fsp3) is 0.250. The summed E-state index contributed by atoms with van der Waals surface area (Å²) in [4.78, 5) is 0. The average molecular weight is 236 g/mol. The molecule has 3 nitrogen and oxygen atoms in total. The summed E-state index contributed by atoms with van der Waals surface area (Å²) in [6.45, 7) is 2.98. The van der Waals surface area contributed by atoms with E-state index in [0.29, 0.717) is 5.02 Å². The molecule has 1 aromatic carbocycles. The number of hydrogen-bond acceptors (Lipinski definition) is 2. The molecule has 0 unspecified atom stereocenters. The van der Waals surface area contributed by atoms with E-state index in [0.717, 1.165) is 12.2 Å². The van der Waals surface area contributed by atoms with Crippen molar-refractivity contribution in [1.29, 1.82) is 0 Å². The molecule has 1 aromatic heterocycles. The second kappa shape index (κ2) is 4.68. The Bertz CT molecular complexity index is 491. The fourth-order valence-electron chi connectivity index (χ4n) is 1.65. The SMILES string of the molecule is CNCc1ccc(-n2cc(Cl)cn2)cc1C. The summed E-state index contributed by atoms with van der Waals surface area (Å²) >= 11 is 5.84. The zero-order valence-electron chi connectivity index (χ0n) is 9.37. The third-order valence-electron chi connectivity index (χ3n) is 2.51. The molecule has 84 valence electrons. The van der Waals surface area contributed by atoms with Crippen LogP contribution in [0.4, 0.5) is 0 Å². The van der Waals surface area contributed by atoms with Crippen molar-refractivity contribution in [3.63, 3.8) is 0 Å². The number of aromatic nitrogens is 2. The van der Waals surface area contributed by atoms with Gasteiger partial charge in [0.05, 0.1) is 16.9 Å². The number of rotatable bonds is 3. The first-order valence-electron chi connectivity index (χ1n) is 5.15. The van der Waals surface area contributed by atoms with Crippen molar-refractivity contribution in [1.82, 2.24) is 15.1 Å². The van der Waals surface area contributed by atoms with Crippen LogP contribution in [-0.2, 0) is 6.54 Å². The lowest BCUT2D eigenvalue weighted by Crippen LogP contribution is -2.07. The zero-order valence-corrected chi connectivity index (χ0v) is 10.1. The number of benzene rings is 1. The van der Waals surface area contributed by atoms with Crippen molar-refractivity contribution < 1.29 is 0 Å². The Balaban J connectivity index is 2.34. The molecule has 16 heavy (non-hydrogen) atoms. The summed E-state index contributed by atoms with van der Waals surface area (Å²) < 4.78 is 1.78. The number of aryl methyl sites for hydroxylation is 1. The van der Waals surface area contributed by atoms with Gasteiger partial charge in [-0.15, -0.1) is 0 Å². The van der Waals surface area contributed by atoms with Crippen LogP contribution < -0.4 is 5.32 Å². The molecule has 0 fully saturated rings. The highest BCUT2D eigenvalue weighted by Crippen LogP contribution is 2.16. The van der Waals surface area contributed by atoms with Crippen LogP contribution in [0.15, 0.2) is 30.6 Å². The summed E-state index contributed by atoms with van der Waals surface area (Å²) in [5, 5.41) is 7.97. The second-order valence-corrected chi connectivity index (χ2v) is 4.18. The normalized spacial score (nSPS) is 10.7. The molecule has 2 aromatic rings. The van der Waals surface area contributed by atoms with E-state index in [9.17, 15) is 0 Å². The topological polar surface area (TPSA) is 29.9 Å². The van der Waals surface area contributed by atoms with Gasteiger partial charge in [-0.05, 0) is 37.2 Å². The van der Waals surface area contributed by atoms with Crippen LogP contribution in [0.2, 0.25) is 5.02 Å². The Kier molecular flexibility index (Phi) is 3.27. The highest BCUT2D eigenvalue weighted by Gasteiger charge is 2.02. The van der Waals surface area contributed by atoms with Crippen LogP contribution >= 0.6 is 11.6 Å². The molecule has 0 saturated heterocycles. The van der Waals surface area contributed by atoms with Gasteiger partial charge in [0, 0.05) is 12.7 Å². The van der Waals surface area contributed by atoms with Gasteiger partial charge in [0.15, 0.2) is 0 Å². The fourth-order valence-corrected chi connectivity index (χ4v) is 1.79. The van der Waals surface area contributed by atoms with E-state index in [-0.39, 0.29) is 0 Å². The minimum absolute atomic E-state index is 0.650. The molecule has 0 aliphatic carbocycles. The van der Waals surface area contributed by atoms with Crippen LogP contribution in [0, 0.1) is 6.92 Å². The molecule has 0 aliphatic rings. The number of nitrogens with zero attached hydrogens (tertiary/aromatic N) is 2. The Labute approximate surface area is 100 Å². The van der Waals surface area contributed by atoms with Crippen LogP contribution in [0.3, 0.4) is 0 Å². The largest absolute Gasteiger partial charge is 0.316 e. The van der Waals surface area contributed by atoms with Crippen molar-refractivity contribution >= 4 is 11.6 Å². The quantitative estimate of drug-likeness (QED) is 0.886. The van der Waals surface area contributed by atoms with Crippen molar-refractivity contribution in [3.8, 4) is 5.69 Å². The summed E-state index contributed by atoms with van der Waals surface area (Å²) in [6.07, 6.45) is 3.44. The van der Waals surface area contributed by atoms with Gasteiger partial charge >= 0.3 is 0 Å². The van der Waals surface area contributed by atoms with Gasteiger partial charge in [-0.1, -0.05) is 17.7 Å². The standard InChI is InChI=1S/C12H14ClN3/c1-9-5-12(4-3-10(9)6-14-2)16-8-11(13)7-15-16/h3-5,7-8,14H,6H2,1-2H3. The van der Waals surface area contributed by atoms with Gasteiger partial charge < -0.3 is 5.32 Å². The maximum atomic E-state index is 5.84. The molecule has 0 amide bonds. The van der Waals surface area contributed by atoms with Gasteiger partial charge in [-0.25, -0.2) is 4.68 Å². The average Bonchev–Trinajstić information content (AvgIpc) is 2.68. The van der Waals surface area contributed by atoms with Gasteiger partial charge in [0.1, 0.15) is 0 Å². The van der Waals surface area contributed by atoms with Crippen molar-refractivity contribution in [3.05, 3.63) is 46.7 Å². The lowest BCUT2D eigenvalue weighted by atomic mass is 10.1. The van der Waals surface area contributed by atoms with Crippen LogP contribution in [-0.4, -0.2) is 16.8 Å². The predicted molar refractivity (Wildman–Crippen MR) is 66.1 cm³/mol. The summed E-state index contributed by atoms with van der Waals surface area (Å²) in [7, 11) is 1.95. The minimum atomic E-state index is 0.650. The monoisotopic (exact) mass is 235 g/mol. The summed E-state index contributed by atoms with van der Waals surface area (Å²) in [5.41, 5.74) is 3.58. The molecule has 0 saturated carbocycles. The van der Waals surface area contributed by atoms with E-state index in [1.165, 1.54) is 11.1 Å². The highest BCUT2D eigenvalue weighted by atomic mass is 35.5. The lowest BCUT2D eigenvalue weighted by Gasteiger charge is -2.08. The Hall–Kier alpha value is -1.32. The van der Waals surface area contributed by atoms with E-state index < -0.39 is 0 Å². The first-order chi connectivity index (χ1) is 7.70. The highest BCUT2D eigenvalue weighted by molar-refractivity contribution is 6.30. The van der Waals surface area contributed by atoms with Crippen LogP contribution in [0.25, 0.3) is 5.69 Å². The number of nitrogens with one attached hydrogen (secondary N) is 1. The Morgan fingerprint density at radius 3 is 2.81 bits per heavy atom. The third-order valence-corrected chi connectivity index (χ3v) is 2.70. The lowest BCUT2D eigenvalue weighted by molar-refractivity contribution is 0.808. The Morgan fingerprint density at radius 1 is 1.44 bits per heavy atom. The Morgan fingerprint density at radius 2 is 2.25 bits per heavy atom. The maximum absolute atomic E-state index is 5.84. The van der Waals surface area contributed by atoms with Gasteiger partial charge in [0.2, 0.25) is 0 Å². The first-order valence-corrected chi connectivity index (χ1v) is 5.53. The van der Waals surface area contributed by atoms with Gasteiger partial charge in [-0.2, -0.15) is 5.10 Å². The van der Waals surface area contributed by atoms with E-state index in [2.05, 4.69) is 29.5 Å². The molecule has 0 radical (unpaired) electrons. The molecule has 2 rings (SSSR count). The molecule has 1 N–H and O–H groups in total. The van der Waals surface area contributed by atoms with E-state index in [1.807, 2.05) is 13.1 Å². The van der Waals surface area contributed by atoms with Crippen LogP contribution in [0.1, 0.15) is 11.1 Å². The molecular formula is C12H14ClN3. The van der Waals surface area contributed by atoms with E-state index in [4.69, 9.17) is 11.6 Å². The number of hydrogen-bond donors (Lipinski definition) is 1. The first kappa shape index (κ1) is 11.2. The molecule has 0 atom stereocenters. The maximum Gasteiger partial charge on any atom is 0.0790 e.